The molecule has 16 heavy (non-hydrogen) atoms. The zero-order chi connectivity index (χ0) is 12.0. The second kappa shape index (κ2) is 6.59. The normalized spacial score (nSPS) is 13.1. The van der Waals surface area contributed by atoms with Crippen molar-refractivity contribution in [1.82, 2.24) is 9.97 Å². The SMILES string of the molecule is CCCc1cc(CC(O)CC(C)C)ncn1. The van der Waals surface area contributed by atoms with Crippen molar-refractivity contribution in [3.63, 3.8) is 0 Å². The van der Waals surface area contributed by atoms with Crippen LogP contribution >= 0.6 is 0 Å². The monoisotopic (exact) mass is 222 g/mol. The van der Waals surface area contributed by atoms with Gasteiger partial charge in [0.25, 0.3) is 0 Å². The van der Waals surface area contributed by atoms with Gasteiger partial charge in [-0.15, -0.1) is 0 Å². The Morgan fingerprint density at radius 2 is 1.94 bits per heavy atom. The number of aromatic nitrogens is 2. The Bertz CT molecular complexity index is 313. The lowest BCUT2D eigenvalue weighted by atomic mass is 10.0. The van der Waals surface area contributed by atoms with Gasteiger partial charge in [-0.05, 0) is 24.8 Å². The van der Waals surface area contributed by atoms with Crippen molar-refractivity contribution in [3.05, 3.63) is 23.8 Å². The molecule has 1 N–H and O–H groups in total. The minimum absolute atomic E-state index is 0.288. The number of aryl methyl sites for hydroxylation is 1. The van der Waals surface area contributed by atoms with Crippen LogP contribution in [0.25, 0.3) is 0 Å². The molecular formula is C13H22N2O. The van der Waals surface area contributed by atoms with Crippen molar-refractivity contribution in [1.29, 1.82) is 0 Å². The van der Waals surface area contributed by atoms with E-state index in [-0.39, 0.29) is 6.10 Å². The van der Waals surface area contributed by atoms with E-state index in [4.69, 9.17) is 0 Å². The highest BCUT2D eigenvalue weighted by molar-refractivity contribution is 5.09. The summed E-state index contributed by atoms with van der Waals surface area (Å²) < 4.78 is 0. The van der Waals surface area contributed by atoms with Crippen LogP contribution in [0.3, 0.4) is 0 Å². The summed E-state index contributed by atoms with van der Waals surface area (Å²) in [7, 11) is 0. The van der Waals surface area contributed by atoms with Crippen LogP contribution in [0.4, 0.5) is 0 Å². The van der Waals surface area contributed by atoms with E-state index in [1.165, 1.54) is 0 Å². The summed E-state index contributed by atoms with van der Waals surface area (Å²) in [6, 6.07) is 2.01. The summed E-state index contributed by atoms with van der Waals surface area (Å²) in [5.41, 5.74) is 2.02. The van der Waals surface area contributed by atoms with E-state index in [2.05, 4.69) is 30.7 Å². The second-order valence-corrected chi connectivity index (χ2v) is 4.74. The highest BCUT2D eigenvalue weighted by Crippen LogP contribution is 2.10. The predicted octanol–water partition coefficient (Wildman–Crippen LogP) is 2.38. The summed E-state index contributed by atoms with van der Waals surface area (Å²) in [6.45, 7) is 6.37. The van der Waals surface area contributed by atoms with Crippen molar-refractivity contribution in [2.75, 3.05) is 0 Å². The van der Waals surface area contributed by atoms with Crippen LogP contribution in [-0.4, -0.2) is 21.2 Å². The summed E-state index contributed by atoms with van der Waals surface area (Å²) in [6.07, 6.45) is 4.85. The highest BCUT2D eigenvalue weighted by atomic mass is 16.3. The topological polar surface area (TPSA) is 46.0 Å². The number of hydrogen-bond acceptors (Lipinski definition) is 3. The molecule has 0 aliphatic carbocycles. The Balaban J connectivity index is 2.55. The van der Waals surface area contributed by atoms with Gasteiger partial charge in [0.05, 0.1) is 6.10 Å². The third kappa shape index (κ3) is 4.71. The summed E-state index contributed by atoms with van der Waals surface area (Å²) in [5, 5.41) is 9.83. The fourth-order valence-electron chi connectivity index (χ4n) is 1.82. The molecule has 1 aromatic rings. The highest BCUT2D eigenvalue weighted by Gasteiger charge is 2.09. The number of aliphatic hydroxyl groups excluding tert-OH is 1. The largest absolute Gasteiger partial charge is 0.393 e. The van der Waals surface area contributed by atoms with Gasteiger partial charge in [0, 0.05) is 17.8 Å². The molecule has 0 aliphatic rings. The number of hydrogen-bond donors (Lipinski definition) is 1. The Morgan fingerprint density at radius 3 is 2.56 bits per heavy atom. The summed E-state index contributed by atoms with van der Waals surface area (Å²) in [4.78, 5) is 8.40. The third-order valence-electron chi connectivity index (χ3n) is 2.47. The number of nitrogens with zero attached hydrogens (tertiary/aromatic N) is 2. The van der Waals surface area contributed by atoms with E-state index in [0.29, 0.717) is 12.3 Å². The van der Waals surface area contributed by atoms with E-state index in [1.54, 1.807) is 6.33 Å². The van der Waals surface area contributed by atoms with Crippen LogP contribution < -0.4 is 0 Å². The lowest BCUT2D eigenvalue weighted by Crippen LogP contribution is -2.14. The quantitative estimate of drug-likeness (QED) is 0.803. The van der Waals surface area contributed by atoms with E-state index in [0.717, 1.165) is 30.7 Å². The molecule has 0 spiro atoms. The van der Waals surface area contributed by atoms with Crippen LogP contribution in [0.2, 0.25) is 0 Å². The molecule has 3 nitrogen and oxygen atoms in total. The molecule has 0 bridgehead atoms. The molecule has 1 heterocycles. The van der Waals surface area contributed by atoms with Crippen molar-refractivity contribution < 1.29 is 5.11 Å². The van der Waals surface area contributed by atoms with Crippen molar-refractivity contribution in [2.24, 2.45) is 5.92 Å². The van der Waals surface area contributed by atoms with Gasteiger partial charge >= 0.3 is 0 Å². The molecule has 1 aromatic heterocycles. The van der Waals surface area contributed by atoms with E-state index < -0.39 is 0 Å². The fourth-order valence-corrected chi connectivity index (χ4v) is 1.82. The molecule has 1 rings (SSSR count). The summed E-state index contributed by atoms with van der Waals surface area (Å²) >= 11 is 0. The molecule has 0 fully saturated rings. The first-order valence-electron chi connectivity index (χ1n) is 6.09. The Labute approximate surface area is 97.9 Å². The minimum Gasteiger partial charge on any atom is -0.393 e. The van der Waals surface area contributed by atoms with Gasteiger partial charge < -0.3 is 5.11 Å². The van der Waals surface area contributed by atoms with Crippen LogP contribution in [0.15, 0.2) is 12.4 Å². The molecule has 0 saturated carbocycles. The van der Waals surface area contributed by atoms with Gasteiger partial charge in [-0.3, -0.25) is 0 Å². The Morgan fingerprint density at radius 1 is 1.25 bits per heavy atom. The molecule has 0 amide bonds. The zero-order valence-electron chi connectivity index (χ0n) is 10.5. The van der Waals surface area contributed by atoms with Crippen molar-refractivity contribution in [3.8, 4) is 0 Å². The van der Waals surface area contributed by atoms with Gasteiger partial charge in [0.1, 0.15) is 6.33 Å². The maximum atomic E-state index is 9.83. The molecule has 1 atom stereocenters. The zero-order valence-corrected chi connectivity index (χ0v) is 10.5. The van der Waals surface area contributed by atoms with Crippen LogP contribution in [-0.2, 0) is 12.8 Å². The van der Waals surface area contributed by atoms with E-state index in [1.807, 2.05) is 6.07 Å². The average Bonchev–Trinajstić information content (AvgIpc) is 2.17. The van der Waals surface area contributed by atoms with Gasteiger partial charge in [-0.25, -0.2) is 9.97 Å². The average molecular weight is 222 g/mol. The smallest absolute Gasteiger partial charge is 0.115 e. The third-order valence-corrected chi connectivity index (χ3v) is 2.47. The van der Waals surface area contributed by atoms with E-state index >= 15 is 0 Å². The first kappa shape index (κ1) is 13.1. The van der Waals surface area contributed by atoms with Crippen LogP contribution in [0, 0.1) is 5.92 Å². The van der Waals surface area contributed by atoms with Gasteiger partial charge in [0.15, 0.2) is 0 Å². The molecule has 1 unspecified atom stereocenters. The second-order valence-electron chi connectivity index (χ2n) is 4.74. The molecule has 0 radical (unpaired) electrons. The molecule has 90 valence electrons. The molecular weight excluding hydrogens is 200 g/mol. The number of aliphatic hydroxyl groups is 1. The molecule has 0 aliphatic heterocycles. The van der Waals surface area contributed by atoms with Gasteiger partial charge in [-0.1, -0.05) is 27.2 Å². The van der Waals surface area contributed by atoms with Crippen molar-refractivity contribution >= 4 is 0 Å². The van der Waals surface area contributed by atoms with Crippen molar-refractivity contribution in [2.45, 2.75) is 52.6 Å². The summed E-state index contributed by atoms with van der Waals surface area (Å²) in [5.74, 6) is 0.520. The number of rotatable bonds is 6. The Kier molecular flexibility index (Phi) is 5.39. The maximum Gasteiger partial charge on any atom is 0.115 e. The minimum atomic E-state index is -0.288. The van der Waals surface area contributed by atoms with E-state index in [9.17, 15) is 5.11 Å². The standard InChI is InChI=1S/C13H22N2O/c1-4-5-11-7-12(15-9-14-11)8-13(16)6-10(2)3/h7,9-10,13,16H,4-6,8H2,1-3H3. The maximum absolute atomic E-state index is 9.83. The van der Waals surface area contributed by atoms with Gasteiger partial charge in [0.2, 0.25) is 0 Å². The molecule has 0 aromatic carbocycles. The predicted molar refractivity (Wildman–Crippen MR) is 65.2 cm³/mol. The lowest BCUT2D eigenvalue weighted by molar-refractivity contribution is 0.148. The fraction of sp³-hybridized carbons (Fsp3) is 0.692. The molecule has 3 heteroatoms. The first-order valence-corrected chi connectivity index (χ1v) is 6.09. The first-order chi connectivity index (χ1) is 7.61. The van der Waals surface area contributed by atoms with Crippen LogP contribution in [0.5, 0.6) is 0 Å². The Hall–Kier alpha value is -0.960. The molecule has 0 saturated heterocycles. The van der Waals surface area contributed by atoms with Gasteiger partial charge in [-0.2, -0.15) is 0 Å². The van der Waals surface area contributed by atoms with Crippen LogP contribution in [0.1, 0.15) is 45.0 Å². The lowest BCUT2D eigenvalue weighted by Gasteiger charge is -2.12.